The number of carbonyl (C=O) groups excluding carboxylic acids is 1. The highest BCUT2D eigenvalue weighted by Gasteiger charge is 2.40. The van der Waals surface area contributed by atoms with E-state index in [4.69, 9.17) is 5.73 Å². The minimum Gasteiger partial charge on any atom is -0.452 e. The molecule has 8 heteroatoms. The number of hydrogen-bond acceptors (Lipinski definition) is 5. The fourth-order valence-corrected chi connectivity index (χ4v) is 3.63. The Kier molecular flexibility index (Phi) is 4.94. The molecule has 0 bridgehead atoms. The third kappa shape index (κ3) is 3.56. The molecular weight excluding hydrogens is 258 g/mol. The smallest absolute Gasteiger partial charge is 0.421 e. The van der Waals surface area contributed by atoms with Crippen LogP contribution >= 0.6 is 0 Å². The Morgan fingerprint density at radius 3 is 2.67 bits per heavy atom. The molecule has 0 heterocycles. The van der Waals surface area contributed by atoms with Crippen LogP contribution in [-0.2, 0) is 14.9 Å². The van der Waals surface area contributed by atoms with Gasteiger partial charge in [0.1, 0.15) is 0 Å². The van der Waals surface area contributed by atoms with Crippen LogP contribution in [0.3, 0.4) is 0 Å². The van der Waals surface area contributed by atoms with Crippen molar-refractivity contribution >= 4 is 16.3 Å². The van der Waals surface area contributed by atoms with Crippen molar-refractivity contribution in [3.8, 4) is 0 Å². The Hall–Kier alpha value is -0.860. The van der Waals surface area contributed by atoms with Crippen LogP contribution in [0.5, 0.6) is 0 Å². The van der Waals surface area contributed by atoms with Gasteiger partial charge in [-0.3, -0.25) is 0 Å². The summed E-state index contributed by atoms with van der Waals surface area (Å²) in [5, 5.41) is 0. The standard InChI is InChI=1S/C10H21N3O4S/c1-8-5-3-4-6-10(8,7-11)13-18(15,16)12-9(14)17-2/h8,13H,3-7,11H2,1-2H3,(H,12,14). The number of amides is 1. The van der Waals surface area contributed by atoms with Crippen molar-refractivity contribution in [2.45, 2.75) is 38.1 Å². The minimum atomic E-state index is -3.95. The number of rotatable bonds is 4. The van der Waals surface area contributed by atoms with Crippen LogP contribution in [0.25, 0.3) is 0 Å². The quantitative estimate of drug-likeness (QED) is 0.675. The lowest BCUT2D eigenvalue weighted by Gasteiger charge is -2.41. The zero-order chi connectivity index (χ0) is 13.8. The summed E-state index contributed by atoms with van der Waals surface area (Å²) < 4.78 is 32.2. The van der Waals surface area contributed by atoms with Crippen molar-refractivity contribution < 1.29 is 17.9 Å². The van der Waals surface area contributed by atoms with Crippen molar-refractivity contribution in [1.29, 1.82) is 0 Å². The molecule has 1 amide bonds. The maximum Gasteiger partial charge on any atom is 0.421 e. The van der Waals surface area contributed by atoms with Gasteiger partial charge in [0.15, 0.2) is 0 Å². The number of carbonyl (C=O) groups is 1. The van der Waals surface area contributed by atoms with Gasteiger partial charge in [-0.05, 0) is 18.8 Å². The molecule has 1 rings (SSSR count). The van der Waals surface area contributed by atoms with Crippen molar-refractivity contribution in [1.82, 2.24) is 9.44 Å². The van der Waals surface area contributed by atoms with E-state index >= 15 is 0 Å². The molecule has 0 saturated heterocycles. The van der Waals surface area contributed by atoms with E-state index in [2.05, 4.69) is 9.46 Å². The summed E-state index contributed by atoms with van der Waals surface area (Å²) in [6.45, 7) is 2.17. The van der Waals surface area contributed by atoms with Gasteiger partial charge in [0.25, 0.3) is 0 Å². The summed E-state index contributed by atoms with van der Waals surface area (Å²) in [7, 11) is -2.85. The summed E-state index contributed by atoms with van der Waals surface area (Å²) >= 11 is 0. The molecule has 0 aromatic heterocycles. The number of hydrogen-bond donors (Lipinski definition) is 3. The molecule has 0 aromatic rings. The van der Waals surface area contributed by atoms with Gasteiger partial charge in [0.05, 0.1) is 7.11 Å². The third-order valence-electron chi connectivity index (χ3n) is 3.56. The van der Waals surface area contributed by atoms with Crippen LogP contribution in [0, 0.1) is 5.92 Å². The van der Waals surface area contributed by atoms with Crippen molar-refractivity contribution in [3.05, 3.63) is 0 Å². The van der Waals surface area contributed by atoms with E-state index < -0.39 is 21.8 Å². The first-order chi connectivity index (χ1) is 8.35. The van der Waals surface area contributed by atoms with Crippen LogP contribution in [0.1, 0.15) is 32.6 Å². The number of nitrogens with two attached hydrogens (primary N) is 1. The van der Waals surface area contributed by atoms with Gasteiger partial charge >= 0.3 is 16.3 Å². The molecule has 1 aliphatic carbocycles. The Morgan fingerprint density at radius 1 is 1.50 bits per heavy atom. The van der Waals surface area contributed by atoms with Gasteiger partial charge in [-0.1, -0.05) is 19.8 Å². The normalized spacial score (nSPS) is 28.7. The van der Waals surface area contributed by atoms with Crippen LogP contribution in [0.2, 0.25) is 0 Å². The summed E-state index contributed by atoms with van der Waals surface area (Å²) in [6, 6.07) is 0. The maximum atomic E-state index is 11.8. The maximum absolute atomic E-state index is 11.8. The fourth-order valence-electron chi connectivity index (χ4n) is 2.35. The van der Waals surface area contributed by atoms with E-state index in [1.165, 1.54) is 0 Å². The summed E-state index contributed by atoms with van der Waals surface area (Å²) in [6.07, 6.45) is 2.56. The Balaban J connectivity index is 2.81. The monoisotopic (exact) mass is 279 g/mol. The van der Waals surface area contributed by atoms with Crippen LogP contribution in [0.4, 0.5) is 4.79 Å². The van der Waals surface area contributed by atoms with Gasteiger partial charge in [0.2, 0.25) is 0 Å². The average Bonchev–Trinajstić information content (AvgIpc) is 2.31. The molecule has 2 atom stereocenters. The van der Waals surface area contributed by atoms with Crippen LogP contribution in [0.15, 0.2) is 0 Å². The summed E-state index contributed by atoms with van der Waals surface area (Å²) in [4.78, 5) is 11.0. The molecule has 18 heavy (non-hydrogen) atoms. The molecule has 1 saturated carbocycles. The van der Waals surface area contributed by atoms with E-state index in [0.29, 0.717) is 6.42 Å². The molecule has 0 spiro atoms. The average molecular weight is 279 g/mol. The first kappa shape index (κ1) is 15.2. The first-order valence-corrected chi connectivity index (χ1v) is 7.43. The topological polar surface area (TPSA) is 111 Å². The number of methoxy groups -OCH3 is 1. The van der Waals surface area contributed by atoms with E-state index in [-0.39, 0.29) is 12.5 Å². The number of ether oxygens (including phenoxy) is 1. The molecular formula is C10H21N3O4S. The van der Waals surface area contributed by atoms with Gasteiger partial charge in [-0.2, -0.15) is 13.1 Å². The highest BCUT2D eigenvalue weighted by atomic mass is 32.2. The Bertz CT molecular complexity index is 398. The molecule has 106 valence electrons. The predicted octanol–water partition coefficient (Wildman–Crippen LogP) is 0.0844. The minimum absolute atomic E-state index is 0.130. The lowest BCUT2D eigenvalue weighted by atomic mass is 9.74. The second-order valence-electron chi connectivity index (χ2n) is 4.71. The van der Waals surface area contributed by atoms with E-state index in [9.17, 15) is 13.2 Å². The highest BCUT2D eigenvalue weighted by Crippen LogP contribution is 2.33. The second kappa shape index (κ2) is 5.85. The van der Waals surface area contributed by atoms with Gasteiger partial charge < -0.3 is 10.5 Å². The van der Waals surface area contributed by atoms with Crippen molar-refractivity contribution in [3.63, 3.8) is 0 Å². The summed E-state index contributed by atoms with van der Waals surface area (Å²) in [5.74, 6) is 0.130. The highest BCUT2D eigenvalue weighted by molar-refractivity contribution is 7.88. The molecule has 7 nitrogen and oxygen atoms in total. The lowest BCUT2D eigenvalue weighted by Crippen LogP contribution is -2.61. The molecule has 4 N–H and O–H groups in total. The molecule has 1 fully saturated rings. The fraction of sp³-hybridized carbons (Fsp3) is 0.900. The second-order valence-corrected chi connectivity index (χ2v) is 6.12. The van der Waals surface area contributed by atoms with E-state index in [0.717, 1.165) is 26.4 Å². The molecule has 1 aliphatic rings. The predicted molar refractivity (Wildman–Crippen MR) is 67.0 cm³/mol. The largest absolute Gasteiger partial charge is 0.452 e. The van der Waals surface area contributed by atoms with Crippen molar-refractivity contribution in [2.24, 2.45) is 11.7 Å². The lowest BCUT2D eigenvalue weighted by molar-refractivity contribution is 0.175. The zero-order valence-electron chi connectivity index (χ0n) is 10.7. The van der Waals surface area contributed by atoms with Crippen LogP contribution < -0.4 is 15.2 Å². The van der Waals surface area contributed by atoms with Gasteiger partial charge in [0, 0.05) is 12.1 Å². The third-order valence-corrected chi connectivity index (χ3v) is 4.67. The summed E-state index contributed by atoms with van der Waals surface area (Å²) in [5.41, 5.74) is 5.05. The molecule has 2 unspecified atom stereocenters. The Labute approximate surface area is 108 Å². The van der Waals surface area contributed by atoms with E-state index in [1.54, 1.807) is 4.72 Å². The molecule has 0 aliphatic heterocycles. The molecule has 0 radical (unpaired) electrons. The SMILES string of the molecule is COC(=O)NS(=O)(=O)NC1(CN)CCCCC1C. The van der Waals surface area contributed by atoms with Gasteiger partial charge in [-0.15, -0.1) is 0 Å². The Morgan fingerprint density at radius 2 is 2.17 bits per heavy atom. The van der Waals surface area contributed by atoms with Crippen molar-refractivity contribution in [2.75, 3.05) is 13.7 Å². The zero-order valence-corrected chi connectivity index (χ0v) is 11.5. The van der Waals surface area contributed by atoms with E-state index in [1.807, 2.05) is 6.92 Å². The first-order valence-electron chi connectivity index (χ1n) is 5.95. The van der Waals surface area contributed by atoms with Gasteiger partial charge in [-0.25, -0.2) is 9.52 Å². The van der Waals surface area contributed by atoms with Crippen LogP contribution in [-0.4, -0.2) is 33.7 Å². The number of nitrogens with one attached hydrogen (secondary N) is 2. The molecule has 0 aromatic carbocycles.